The number of ether oxygens (including phenoxy) is 2. The summed E-state index contributed by atoms with van der Waals surface area (Å²) in [5.74, 6) is 2.26. The topological polar surface area (TPSA) is 72.4 Å². The monoisotopic (exact) mass is 417 g/mol. The largest absolute Gasteiger partial charge is 0.487 e. The molecule has 0 radical (unpaired) electrons. The molecule has 5 rings (SSSR count). The van der Waals surface area contributed by atoms with Crippen molar-refractivity contribution in [2.75, 3.05) is 25.0 Å². The summed E-state index contributed by atoms with van der Waals surface area (Å²) >= 11 is 0. The van der Waals surface area contributed by atoms with E-state index in [4.69, 9.17) is 14.5 Å². The molecule has 2 aliphatic rings. The Labute approximate surface area is 182 Å². The van der Waals surface area contributed by atoms with Crippen LogP contribution in [0.4, 0.5) is 11.8 Å². The number of pyridine rings is 1. The minimum absolute atomic E-state index is 0.0658. The van der Waals surface area contributed by atoms with E-state index in [0.29, 0.717) is 18.4 Å². The highest BCUT2D eigenvalue weighted by Gasteiger charge is 2.30. The van der Waals surface area contributed by atoms with Gasteiger partial charge in [-0.3, -0.25) is 4.90 Å². The van der Waals surface area contributed by atoms with Crippen LogP contribution in [0.3, 0.4) is 0 Å². The first-order chi connectivity index (χ1) is 15.0. The molecule has 0 aliphatic carbocycles. The van der Waals surface area contributed by atoms with E-state index in [2.05, 4.69) is 52.2 Å². The number of hydrogen-bond acceptors (Lipinski definition) is 7. The fourth-order valence-corrected chi connectivity index (χ4v) is 4.22. The molecule has 0 bridgehead atoms. The maximum absolute atomic E-state index is 6.06. The van der Waals surface area contributed by atoms with Crippen LogP contribution in [0.25, 0.3) is 0 Å². The van der Waals surface area contributed by atoms with Crippen molar-refractivity contribution in [1.82, 2.24) is 19.9 Å². The number of aromatic nitrogens is 3. The van der Waals surface area contributed by atoms with E-state index >= 15 is 0 Å². The quantitative estimate of drug-likeness (QED) is 0.675. The Balaban J connectivity index is 1.25. The number of anilines is 2. The average Bonchev–Trinajstić information content (AvgIpc) is 3.08. The van der Waals surface area contributed by atoms with Crippen LogP contribution < -0.4 is 10.1 Å². The molecular formula is C24H27N5O2. The highest BCUT2D eigenvalue weighted by molar-refractivity contribution is 5.47. The molecule has 1 fully saturated rings. The lowest BCUT2D eigenvalue weighted by Crippen LogP contribution is -2.38. The molecule has 0 spiro atoms. The molecule has 1 atom stereocenters. The van der Waals surface area contributed by atoms with Crippen LogP contribution in [0.2, 0.25) is 0 Å². The smallest absolute Gasteiger partial charge is 0.228 e. The van der Waals surface area contributed by atoms with Gasteiger partial charge in [-0.25, -0.2) is 15.0 Å². The summed E-state index contributed by atoms with van der Waals surface area (Å²) in [6.45, 7) is 7.57. The second-order valence-electron chi connectivity index (χ2n) is 8.72. The molecule has 1 saturated heterocycles. The second-order valence-corrected chi connectivity index (χ2v) is 8.72. The van der Waals surface area contributed by atoms with E-state index in [9.17, 15) is 0 Å². The first-order valence-electron chi connectivity index (χ1n) is 10.7. The molecule has 0 amide bonds. The van der Waals surface area contributed by atoms with Crippen LogP contribution in [0.15, 0.2) is 54.9 Å². The molecule has 1 aromatic carbocycles. The Morgan fingerprint density at radius 3 is 2.87 bits per heavy atom. The van der Waals surface area contributed by atoms with E-state index in [1.54, 1.807) is 18.5 Å². The molecule has 7 nitrogen and oxygen atoms in total. The number of nitrogens with one attached hydrogen (secondary N) is 1. The second kappa shape index (κ2) is 8.24. The third-order valence-electron chi connectivity index (χ3n) is 5.59. The van der Waals surface area contributed by atoms with Crippen molar-refractivity contribution in [2.45, 2.75) is 38.5 Å². The van der Waals surface area contributed by atoms with Gasteiger partial charge in [0.1, 0.15) is 23.3 Å². The maximum Gasteiger partial charge on any atom is 0.228 e. The first kappa shape index (κ1) is 19.9. The van der Waals surface area contributed by atoms with Gasteiger partial charge in [0.2, 0.25) is 5.95 Å². The zero-order chi connectivity index (χ0) is 21.3. The first-order valence-corrected chi connectivity index (χ1v) is 10.7. The molecule has 7 heteroatoms. The van der Waals surface area contributed by atoms with Crippen molar-refractivity contribution < 1.29 is 9.47 Å². The molecule has 2 aliphatic heterocycles. The normalized spacial score (nSPS) is 20.1. The number of morpholine rings is 1. The van der Waals surface area contributed by atoms with Crippen LogP contribution >= 0.6 is 0 Å². The van der Waals surface area contributed by atoms with E-state index in [-0.39, 0.29) is 11.7 Å². The minimum atomic E-state index is -0.111. The van der Waals surface area contributed by atoms with Crippen molar-refractivity contribution >= 4 is 11.8 Å². The van der Waals surface area contributed by atoms with E-state index < -0.39 is 0 Å². The SMILES string of the molecule is CC1(C)Cc2cc(CN3CCO[C@H](c4cccc(Nc5ncccn5)n4)C3)ccc2O1. The lowest BCUT2D eigenvalue weighted by Gasteiger charge is -2.32. The van der Waals surface area contributed by atoms with E-state index in [1.165, 1.54) is 11.1 Å². The van der Waals surface area contributed by atoms with E-state index in [1.807, 2.05) is 18.2 Å². The van der Waals surface area contributed by atoms with Gasteiger partial charge in [0, 0.05) is 38.4 Å². The summed E-state index contributed by atoms with van der Waals surface area (Å²) < 4.78 is 12.1. The fraction of sp³-hybridized carbons (Fsp3) is 0.375. The van der Waals surface area contributed by atoms with Crippen molar-refractivity contribution in [3.05, 3.63) is 71.7 Å². The Bertz CT molecular complexity index is 1060. The molecule has 4 heterocycles. The Morgan fingerprint density at radius 1 is 1.13 bits per heavy atom. The van der Waals surface area contributed by atoms with Crippen molar-refractivity contribution in [3.63, 3.8) is 0 Å². The molecule has 3 aromatic rings. The highest BCUT2D eigenvalue weighted by Crippen LogP contribution is 2.35. The van der Waals surface area contributed by atoms with Gasteiger partial charge in [-0.1, -0.05) is 18.2 Å². The summed E-state index contributed by atoms with van der Waals surface area (Å²) in [5, 5.41) is 3.15. The van der Waals surface area contributed by atoms with Crippen LogP contribution in [-0.4, -0.2) is 45.1 Å². The van der Waals surface area contributed by atoms with Gasteiger partial charge in [0.25, 0.3) is 0 Å². The minimum Gasteiger partial charge on any atom is -0.487 e. The van der Waals surface area contributed by atoms with Crippen LogP contribution in [-0.2, 0) is 17.7 Å². The number of nitrogens with zero attached hydrogens (tertiary/aromatic N) is 4. The number of benzene rings is 1. The molecule has 0 saturated carbocycles. The lowest BCUT2D eigenvalue weighted by molar-refractivity contribution is -0.0349. The van der Waals surface area contributed by atoms with Gasteiger partial charge in [0.15, 0.2) is 0 Å². The van der Waals surface area contributed by atoms with Crippen molar-refractivity contribution in [3.8, 4) is 5.75 Å². The molecule has 31 heavy (non-hydrogen) atoms. The van der Waals surface area contributed by atoms with Gasteiger partial charge in [-0.05, 0) is 49.2 Å². The molecule has 160 valence electrons. The van der Waals surface area contributed by atoms with Gasteiger partial charge in [-0.2, -0.15) is 0 Å². The van der Waals surface area contributed by atoms with Gasteiger partial charge in [-0.15, -0.1) is 0 Å². The standard InChI is InChI=1S/C24H27N5O2/c1-24(2)14-18-13-17(7-8-20(18)31-24)15-29-11-12-30-21(16-29)19-5-3-6-22(27-19)28-23-25-9-4-10-26-23/h3-10,13,21H,11-12,14-16H2,1-2H3,(H,25,26,27,28)/t21-/m0/s1. The summed E-state index contributed by atoms with van der Waals surface area (Å²) in [7, 11) is 0. The van der Waals surface area contributed by atoms with E-state index in [0.717, 1.165) is 37.5 Å². The summed E-state index contributed by atoms with van der Waals surface area (Å²) in [4.78, 5) is 15.6. The maximum atomic E-state index is 6.06. The molecule has 1 N–H and O–H groups in total. The Morgan fingerprint density at radius 2 is 2.00 bits per heavy atom. The van der Waals surface area contributed by atoms with Crippen molar-refractivity contribution in [2.24, 2.45) is 0 Å². The van der Waals surface area contributed by atoms with Crippen LogP contribution in [0.5, 0.6) is 5.75 Å². The third-order valence-corrected chi connectivity index (χ3v) is 5.59. The summed E-state index contributed by atoms with van der Waals surface area (Å²) in [6.07, 6.45) is 4.29. The van der Waals surface area contributed by atoms with Crippen molar-refractivity contribution in [1.29, 1.82) is 0 Å². The predicted molar refractivity (Wildman–Crippen MR) is 118 cm³/mol. The highest BCUT2D eigenvalue weighted by atomic mass is 16.5. The average molecular weight is 418 g/mol. The lowest BCUT2D eigenvalue weighted by atomic mass is 10.00. The summed E-state index contributed by atoms with van der Waals surface area (Å²) in [5.41, 5.74) is 3.41. The summed E-state index contributed by atoms with van der Waals surface area (Å²) in [6, 6.07) is 14.3. The van der Waals surface area contributed by atoms with Gasteiger partial charge >= 0.3 is 0 Å². The third kappa shape index (κ3) is 4.68. The Kier molecular flexibility index (Phi) is 5.29. The van der Waals surface area contributed by atoms with Crippen LogP contribution in [0, 0.1) is 0 Å². The predicted octanol–water partition coefficient (Wildman–Crippen LogP) is 3.90. The van der Waals surface area contributed by atoms with Crippen LogP contribution in [0.1, 0.15) is 36.8 Å². The number of fused-ring (bicyclic) bond motifs is 1. The molecule has 0 unspecified atom stereocenters. The van der Waals surface area contributed by atoms with Gasteiger partial charge in [0.05, 0.1) is 12.3 Å². The molecular weight excluding hydrogens is 390 g/mol. The Hall–Kier alpha value is -3.03. The zero-order valence-electron chi connectivity index (χ0n) is 17.9. The number of hydrogen-bond donors (Lipinski definition) is 1. The molecule has 2 aromatic heterocycles. The number of rotatable bonds is 5. The zero-order valence-corrected chi connectivity index (χ0v) is 17.9. The fourth-order valence-electron chi connectivity index (χ4n) is 4.22. The van der Waals surface area contributed by atoms with Gasteiger partial charge < -0.3 is 14.8 Å².